The first-order valence-electron chi connectivity index (χ1n) is 4.10. The molecule has 0 saturated carbocycles. The van der Waals surface area contributed by atoms with Crippen molar-refractivity contribution in [2.24, 2.45) is 0 Å². The third-order valence-electron chi connectivity index (χ3n) is 1.70. The fraction of sp³-hybridized carbons (Fsp3) is 0.222. The molecule has 0 amide bonds. The van der Waals surface area contributed by atoms with E-state index in [1.54, 1.807) is 11.3 Å². The van der Waals surface area contributed by atoms with Crippen molar-refractivity contribution in [2.45, 2.75) is 6.42 Å². The number of nitrogens with zero attached hydrogens (tertiary/aromatic N) is 1. The Morgan fingerprint density at radius 2 is 2.29 bits per heavy atom. The summed E-state index contributed by atoms with van der Waals surface area (Å²) in [5, 5.41) is 11.7. The minimum absolute atomic E-state index is 0.147. The second kappa shape index (κ2) is 4.40. The predicted molar refractivity (Wildman–Crippen MR) is 61.2 cm³/mol. The van der Waals surface area contributed by atoms with Crippen molar-refractivity contribution in [1.82, 2.24) is 4.98 Å². The van der Waals surface area contributed by atoms with Gasteiger partial charge in [-0.2, -0.15) is 0 Å². The number of thiazole rings is 1. The second-order valence-corrected chi connectivity index (χ2v) is 5.29. The maximum atomic E-state index is 8.75. The average molecular weight is 246 g/mol. The second-order valence-electron chi connectivity index (χ2n) is 2.72. The van der Waals surface area contributed by atoms with Crippen LogP contribution < -0.4 is 0 Å². The summed E-state index contributed by atoms with van der Waals surface area (Å²) in [7, 11) is 0. The van der Waals surface area contributed by atoms with Crippen LogP contribution in [0.3, 0.4) is 0 Å². The zero-order valence-corrected chi connectivity index (χ0v) is 9.62. The largest absolute Gasteiger partial charge is 0.396 e. The van der Waals surface area contributed by atoms with E-state index in [1.165, 1.54) is 11.3 Å². The van der Waals surface area contributed by atoms with Crippen LogP contribution in [-0.2, 0) is 6.42 Å². The van der Waals surface area contributed by atoms with Gasteiger partial charge in [0, 0.05) is 18.4 Å². The van der Waals surface area contributed by atoms with Gasteiger partial charge in [0.25, 0.3) is 0 Å². The molecule has 2 rings (SSSR count). The van der Waals surface area contributed by atoms with Gasteiger partial charge < -0.3 is 5.11 Å². The Morgan fingerprint density at radius 1 is 1.43 bits per heavy atom. The van der Waals surface area contributed by atoms with E-state index in [2.05, 4.69) is 4.98 Å². The van der Waals surface area contributed by atoms with E-state index in [4.69, 9.17) is 16.7 Å². The molecule has 0 aliphatic heterocycles. The van der Waals surface area contributed by atoms with Crippen LogP contribution in [0.5, 0.6) is 0 Å². The normalized spacial score (nSPS) is 10.7. The lowest BCUT2D eigenvalue weighted by atomic mass is 10.4. The smallest absolute Gasteiger partial charge is 0.133 e. The topological polar surface area (TPSA) is 33.1 Å². The lowest BCUT2D eigenvalue weighted by molar-refractivity contribution is 0.298. The van der Waals surface area contributed by atoms with Crippen molar-refractivity contribution in [2.75, 3.05) is 6.61 Å². The summed E-state index contributed by atoms with van der Waals surface area (Å²) in [6, 6.07) is 3.84. The molecule has 14 heavy (non-hydrogen) atoms. The van der Waals surface area contributed by atoms with Crippen LogP contribution >= 0.6 is 34.3 Å². The quantitative estimate of drug-likeness (QED) is 0.902. The molecule has 2 aromatic heterocycles. The van der Waals surface area contributed by atoms with Crippen LogP contribution in [0, 0.1) is 0 Å². The third kappa shape index (κ3) is 2.15. The predicted octanol–water partition coefficient (Wildman–Crippen LogP) is 3.06. The molecule has 0 unspecified atom stereocenters. The molecule has 0 saturated heterocycles. The first-order valence-corrected chi connectivity index (χ1v) is 6.18. The molecular weight excluding hydrogens is 238 g/mol. The number of halogens is 1. The highest BCUT2D eigenvalue weighted by Crippen LogP contribution is 2.32. The number of hydrogen-bond donors (Lipinski definition) is 1. The van der Waals surface area contributed by atoms with Gasteiger partial charge in [-0.15, -0.1) is 22.7 Å². The first-order chi connectivity index (χ1) is 6.79. The molecule has 0 spiro atoms. The number of thiophene rings is 1. The zero-order chi connectivity index (χ0) is 9.97. The van der Waals surface area contributed by atoms with Gasteiger partial charge in [0.15, 0.2) is 0 Å². The Kier molecular flexibility index (Phi) is 3.18. The average Bonchev–Trinajstić information content (AvgIpc) is 2.74. The van der Waals surface area contributed by atoms with Crippen molar-refractivity contribution >= 4 is 34.3 Å². The van der Waals surface area contributed by atoms with Gasteiger partial charge in [-0.1, -0.05) is 11.6 Å². The van der Waals surface area contributed by atoms with E-state index in [9.17, 15) is 0 Å². The van der Waals surface area contributed by atoms with E-state index in [0.717, 1.165) is 19.9 Å². The molecule has 5 heteroatoms. The minimum Gasteiger partial charge on any atom is -0.396 e. The molecule has 0 atom stereocenters. The van der Waals surface area contributed by atoms with Gasteiger partial charge >= 0.3 is 0 Å². The molecule has 1 N–H and O–H groups in total. The molecule has 2 aromatic rings. The summed E-state index contributed by atoms with van der Waals surface area (Å²) in [5.41, 5.74) is 0.942. The molecule has 0 aromatic carbocycles. The molecule has 0 bridgehead atoms. The van der Waals surface area contributed by atoms with Gasteiger partial charge in [-0.05, 0) is 12.1 Å². The number of aliphatic hydroxyl groups excluding tert-OH is 1. The maximum absolute atomic E-state index is 8.75. The molecule has 2 heterocycles. The van der Waals surface area contributed by atoms with Crippen LogP contribution in [-0.4, -0.2) is 16.7 Å². The van der Waals surface area contributed by atoms with E-state index >= 15 is 0 Å². The van der Waals surface area contributed by atoms with Crippen LogP contribution in [0.1, 0.15) is 5.69 Å². The maximum Gasteiger partial charge on any atom is 0.133 e. The van der Waals surface area contributed by atoms with Gasteiger partial charge in [0.2, 0.25) is 0 Å². The van der Waals surface area contributed by atoms with E-state index < -0.39 is 0 Å². The number of aliphatic hydroxyl groups is 1. The van der Waals surface area contributed by atoms with Crippen LogP contribution in [0.15, 0.2) is 17.5 Å². The Labute approximate surface area is 94.8 Å². The molecule has 0 aliphatic rings. The molecule has 0 fully saturated rings. The zero-order valence-electron chi connectivity index (χ0n) is 7.24. The van der Waals surface area contributed by atoms with Crippen LogP contribution in [0.25, 0.3) is 9.88 Å². The van der Waals surface area contributed by atoms with Gasteiger partial charge in [0.05, 0.1) is 14.9 Å². The van der Waals surface area contributed by atoms with Gasteiger partial charge in [0.1, 0.15) is 5.01 Å². The van der Waals surface area contributed by atoms with Crippen molar-refractivity contribution < 1.29 is 5.11 Å². The van der Waals surface area contributed by atoms with E-state index in [-0.39, 0.29) is 6.61 Å². The Hall–Kier alpha value is -0.420. The van der Waals surface area contributed by atoms with E-state index in [1.807, 2.05) is 17.5 Å². The molecule has 0 aliphatic carbocycles. The number of aromatic nitrogens is 1. The molecular formula is C9H8ClNOS2. The monoisotopic (exact) mass is 245 g/mol. The lowest BCUT2D eigenvalue weighted by Gasteiger charge is -1.89. The Bertz CT molecular complexity index is 424. The van der Waals surface area contributed by atoms with Crippen molar-refractivity contribution in [1.29, 1.82) is 0 Å². The van der Waals surface area contributed by atoms with E-state index in [0.29, 0.717) is 6.42 Å². The lowest BCUT2D eigenvalue weighted by Crippen LogP contribution is -1.89. The fourth-order valence-corrected chi connectivity index (χ4v) is 3.05. The third-order valence-corrected chi connectivity index (χ3v) is 4.00. The summed E-state index contributed by atoms with van der Waals surface area (Å²) < 4.78 is 0.777. The molecule has 74 valence electrons. The summed E-state index contributed by atoms with van der Waals surface area (Å²) >= 11 is 8.94. The van der Waals surface area contributed by atoms with Crippen LogP contribution in [0.2, 0.25) is 4.34 Å². The van der Waals surface area contributed by atoms with Crippen molar-refractivity contribution in [3.63, 3.8) is 0 Å². The van der Waals surface area contributed by atoms with Gasteiger partial charge in [-0.3, -0.25) is 0 Å². The summed E-state index contributed by atoms with van der Waals surface area (Å²) in [6.45, 7) is 0.147. The summed E-state index contributed by atoms with van der Waals surface area (Å²) in [6.07, 6.45) is 0.621. The SMILES string of the molecule is OCCc1csc(-c2ccc(Cl)s2)n1. The first kappa shape index (κ1) is 10.1. The summed E-state index contributed by atoms with van der Waals surface area (Å²) in [4.78, 5) is 5.48. The Morgan fingerprint density at radius 3 is 2.93 bits per heavy atom. The highest BCUT2D eigenvalue weighted by atomic mass is 35.5. The standard InChI is InChI=1S/C9H8ClNOS2/c10-8-2-1-7(14-8)9-11-6(3-4-12)5-13-9/h1-2,5,12H,3-4H2. The molecule has 2 nitrogen and oxygen atoms in total. The summed E-state index contributed by atoms with van der Waals surface area (Å²) in [5.74, 6) is 0. The Balaban J connectivity index is 2.24. The number of hydrogen-bond acceptors (Lipinski definition) is 4. The van der Waals surface area contributed by atoms with Crippen molar-refractivity contribution in [3.05, 3.63) is 27.5 Å². The fourth-order valence-electron chi connectivity index (χ4n) is 1.08. The van der Waals surface area contributed by atoms with Crippen molar-refractivity contribution in [3.8, 4) is 9.88 Å². The highest BCUT2D eigenvalue weighted by Gasteiger charge is 2.06. The molecule has 0 radical (unpaired) electrons. The van der Waals surface area contributed by atoms with Crippen LogP contribution in [0.4, 0.5) is 0 Å². The number of rotatable bonds is 3. The highest BCUT2D eigenvalue weighted by molar-refractivity contribution is 7.23. The minimum atomic E-state index is 0.147. The van der Waals surface area contributed by atoms with Gasteiger partial charge in [-0.25, -0.2) is 4.98 Å².